The van der Waals surface area contributed by atoms with Crippen molar-refractivity contribution in [2.75, 3.05) is 19.6 Å². The van der Waals surface area contributed by atoms with E-state index < -0.39 is 0 Å². The van der Waals surface area contributed by atoms with Crippen LogP contribution < -0.4 is 10.6 Å². The highest BCUT2D eigenvalue weighted by atomic mass is 35.5. The Labute approximate surface area is 104 Å². The molecule has 94 valence electrons. The number of rotatable bonds is 4. The molecule has 0 spiro atoms. The molecule has 0 aromatic rings. The molecule has 1 amide bonds. The Morgan fingerprint density at radius 1 is 1.38 bits per heavy atom. The summed E-state index contributed by atoms with van der Waals surface area (Å²) in [4.78, 5) is 11.8. The maximum Gasteiger partial charge on any atom is 0.223 e. The Balaban J connectivity index is 0.00000128. The van der Waals surface area contributed by atoms with Gasteiger partial charge in [0.1, 0.15) is 0 Å². The van der Waals surface area contributed by atoms with Gasteiger partial charge in [-0.05, 0) is 37.8 Å². The van der Waals surface area contributed by atoms with E-state index in [1.165, 1.54) is 25.7 Å². The molecule has 2 N–H and O–H groups in total. The molecule has 2 aliphatic rings. The van der Waals surface area contributed by atoms with Crippen LogP contribution in [0.2, 0.25) is 0 Å². The molecule has 4 heteroatoms. The summed E-state index contributed by atoms with van der Waals surface area (Å²) in [5.41, 5.74) is 0. The van der Waals surface area contributed by atoms with E-state index in [9.17, 15) is 4.79 Å². The molecule has 1 aliphatic heterocycles. The van der Waals surface area contributed by atoms with E-state index in [0.717, 1.165) is 25.6 Å². The number of hydrogen-bond donors (Lipinski definition) is 2. The molecule has 3 nitrogen and oxygen atoms in total. The first kappa shape index (κ1) is 13.8. The predicted octanol–water partition coefficient (Wildman–Crippen LogP) is 1.57. The van der Waals surface area contributed by atoms with E-state index in [1.54, 1.807) is 0 Å². The van der Waals surface area contributed by atoms with Crippen LogP contribution in [0.3, 0.4) is 0 Å². The highest BCUT2D eigenvalue weighted by molar-refractivity contribution is 5.85. The van der Waals surface area contributed by atoms with Gasteiger partial charge in [0.05, 0.1) is 0 Å². The Morgan fingerprint density at radius 3 is 2.50 bits per heavy atom. The van der Waals surface area contributed by atoms with Crippen LogP contribution >= 0.6 is 12.4 Å². The van der Waals surface area contributed by atoms with Crippen molar-refractivity contribution in [2.24, 2.45) is 17.8 Å². The maximum atomic E-state index is 11.8. The van der Waals surface area contributed by atoms with Crippen LogP contribution in [-0.2, 0) is 4.79 Å². The van der Waals surface area contributed by atoms with Crippen molar-refractivity contribution in [2.45, 2.75) is 32.6 Å². The van der Waals surface area contributed by atoms with Gasteiger partial charge >= 0.3 is 0 Å². The standard InChI is InChI=1S/C12H22N2O.ClH/c1-9(11-7-13-8-11)12(15)14-6-10-4-2-3-5-10;/h9-11,13H,2-8H2,1H3,(H,14,15);1H. The number of carbonyl (C=O) groups excluding carboxylic acids is 1. The van der Waals surface area contributed by atoms with Crippen molar-refractivity contribution in [1.82, 2.24) is 10.6 Å². The molecule has 0 aromatic carbocycles. The predicted molar refractivity (Wildman–Crippen MR) is 67.7 cm³/mol. The summed E-state index contributed by atoms with van der Waals surface area (Å²) in [5, 5.41) is 6.32. The van der Waals surface area contributed by atoms with Crippen LogP contribution in [0.15, 0.2) is 0 Å². The van der Waals surface area contributed by atoms with Gasteiger partial charge in [-0.15, -0.1) is 12.4 Å². The zero-order valence-corrected chi connectivity index (χ0v) is 10.8. The summed E-state index contributed by atoms with van der Waals surface area (Å²) >= 11 is 0. The molecule has 1 saturated carbocycles. The molecular formula is C12H23ClN2O. The molecule has 0 radical (unpaired) electrons. The monoisotopic (exact) mass is 246 g/mol. The minimum absolute atomic E-state index is 0. The van der Waals surface area contributed by atoms with E-state index in [0.29, 0.717) is 5.92 Å². The van der Waals surface area contributed by atoms with Crippen LogP contribution in [0.25, 0.3) is 0 Å². The second-order valence-corrected chi connectivity index (χ2v) is 5.10. The first-order valence-electron chi connectivity index (χ1n) is 6.26. The Hall–Kier alpha value is -0.280. The first-order valence-corrected chi connectivity index (χ1v) is 6.26. The highest BCUT2D eigenvalue weighted by Crippen LogP contribution is 2.24. The second-order valence-electron chi connectivity index (χ2n) is 5.10. The third-order valence-corrected chi connectivity index (χ3v) is 3.97. The van der Waals surface area contributed by atoms with Gasteiger partial charge in [0.15, 0.2) is 0 Å². The smallest absolute Gasteiger partial charge is 0.223 e. The van der Waals surface area contributed by atoms with Crippen LogP contribution in [0.4, 0.5) is 0 Å². The zero-order valence-electron chi connectivity index (χ0n) is 10.00. The average molecular weight is 247 g/mol. The van der Waals surface area contributed by atoms with Crippen molar-refractivity contribution < 1.29 is 4.79 Å². The first-order chi connectivity index (χ1) is 7.27. The lowest BCUT2D eigenvalue weighted by Gasteiger charge is -2.31. The van der Waals surface area contributed by atoms with E-state index >= 15 is 0 Å². The molecule has 16 heavy (non-hydrogen) atoms. The molecule has 1 heterocycles. The van der Waals surface area contributed by atoms with E-state index in [-0.39, 0.29) is 24.2 Å². The topological polar surface area (TPSA) is 41.1 Å². The molecule has 1 saturated heterocycles. The van der Waals surface area contributed by atoms with E-state index in [2.05, 4.69) is 17.6 Å². The largest absolute Gasteiger partial charge is 0.356 e. The van der Waals surface area contributed by atoms with Crippen LogP contribution in [0.1, 0.15) is 32.6 Å². The lowest BCUT2D eigenvalue weighted by atomic mass is 9.88. The summed E-state index contributed by atoms with van der Waals surface area (Å²) in [6.45, 7) is 4.98. The van der Waals surface area contributed by atoms with Crippen LogP contribution in [0.5, 0.6) is 0 Å². The van der Waals surface area contributed by atoms with Gasteiger partial charge in [-0.1, -0.05) is 19.8 Å². The number of nitrogens with one attached hydrogen (secondary N) is 2. The fourth-order valence-corrected chi connectivity index (χ4v) is 2.50. The molecule has 1 unspecified atom stereocenters. The zero-order chi connectivity index (χ0) is 10.7. The van der Waals surface area contributed by atoms with Gasteiger partial charge in [-0.2, -0.15) is 0 Å². The van der Waals surface area contributed by atoms with E-state index in [1.807, 2.05) is 0 Å². The normalized spacial score (nSPS) is 23.3. The highest BCUT2D eigenvalue weighted by Gasteiger charge is 2.28. The van der Waals surface area contributed by atoms with Crippen LogP contribution in [0, 0.1) is 17.8 Å². The lowest BCUT2D eigenvalue weighted by molar-refractivity contribution is -0.126. The average Bonchev–Trinajstić information content (AvgIpc) is 2.63. The number of carbonyl (C=O) groups is 1. The number of hydrogen-bond acceptors (Lipinski definition) is 2. The minimum Gasteiger partial charge on any atom is -0.356 e. The van der Waals surface area contributed by atoms with E-state index in [4.69, 9.17) is 0 Å². The summed E-state index contributed by atoms with van der Waals surface area (Å²) in [6.07, 6.45) is 5.31. The van der Waals surface area contributed by atoms with Crippen molar-refractivity contribution in [1.29, 1.82) is 0 Å². The molecule has 0 aromatic heterocycles. The molecule has 1 atom stereocenters. The summed E-state index contributed by atoms with van der Waals surface area (Å²) in [5.74, 6) is 1.76. The number of amides is 1. The fourth-order valence-electron chi connectivity index (χ4n) is 2.50. The fraction of sp³-hybridized carbons (Fsp3) is 0.917. The molecule has 2 rings (SSSR count). The summed E-state index contributed by atoms with van der Waals surface area (Å²) < 4.78 is 0. The minimum atomic E-state index is 0. The van der Waals surface area contributed by atoms with Crippen molar-refractivity contribution >= 4 is 18.3 Å². The van der Waals surface area contributed by atoms with Crippen molar-refractivity contribution in [3.63, 3.8) is 0 Å². The van der Waals surface area contributed by atoms with Gasteiger partial charge < -0.3 is 10.6 Å². The SMILES string of the molecule is CC(C(=O)NCC1CCCC1)C1CNC1.Cl. The molecular weight excluding hydrogens is 224 g/mol. The number of halogens is 1. The molecule has 1 aliphatic carbocycles. The molecule has 0 bridgehead atoms. The van der Waals surface area contributed by atoms with Gasteiger partial charge in [0, 0.05) is 12.5 Å². The third kappa shape index (κ3) is 3.36. The summed E-state index contributed by atoms with van der Waals surface area (Å²) in [6, 6.07) is 0. The molecule has 2 fully saturated rings. The summed E-state index contributed by atoms with van der Waals surface area (Å²) in [7, 11) is 0. The van der Waals surface area contributed by atoms with Crippen molar-refractivity contribution in [3.05, 3.63) is 0 Å². The maximum absolute atomic E-state index is 11.8. The van der Waals surface area contributed by atoms with Crippen molar-refractivity contribution in [3.8, 4) is 0 Å². The second kappa shape index (κ2) is 6.45. The Morgan fingerprint density at radius 2 is 2.00 bits per heavy atom. The third-order valence-electron chi connectivity index (χ3n) is 3.97. The van der Waals surface area contributed by atoms with Gasteiger partial charge in [-0.3, -0.25) is 4.79 Å². The Bertz CT molecular complexity index is 225. The lowest BCUT2D eigenvalue weighted by Crippen LogP contribution is -2.50. The van der Waals surface area contributed by atoms with Gasteiger partial charge in [0.25, 0.3) is 0 Å². The van der Waals surface area contributed by atoms with Gasteiger partial charge in [0.2, 0.25) is 5.91 Å². The van der Waals surface area contributed by atoms with Gasteiger partial charge in [-0.25, -0.2) is 0 Å². The quantitative estimate of drug-likeness (QED) is 0.791. The van der Waals surface area contributed by atoms with Crippen LogP contribution in [-0.4, -0.2) is 25.5 Å². The Kier molecular flexibility index (Phi) is 5.56.